The highest BCUT2D eigenvalue weighted by Crippen LogP contribution is 2.32. The number of benzene rings is 4. The first-order valence-electron chi connectivity index (χ1n) is 9.58. The van der Waals surface area contributed by atoms with Crippen LogP contribution in [-0.2, 0) is 6.42 Å². The zero-order valence-corrected chi connectivity index (χ0v) is 15.9. The van der Waals surface area contributed by atoms with E-state index in [1.807, 2.05) is 12.1 Å². The van der Waals surface area contributed by atoms with Crippen molar-refractivity contribution in [2.24, 2.45) is 5.92 Å². The van der Waals surface area contributed by atoms with Crippen LogP contribution in [0.4, 0.5) is 5.69 Å². The molecule has 0 fully saturated rings. The first kappa shape index (κ1) is 17.4. The minimum absolute atomic E-state index is 0.681. The van der Waals surface area contributed by atoms with Gasteiger partial charge in [0.2, 0.25) is 0 Å². The molecule has 2 N–H and O–H groups in total. The summed E-state index contributed by atoms with van der Waals surface area (Å²) in [5.74, 6) is 0.681. The maximum atomic E-state index is 5.82. The Balaban J connectivity index is 1.73. The SMILES string of the molecule is CC(C)Cc1ccc(-c2cccc3cc(-c4ccc(N)cc4)ccc23)cc1. The number of fused-ring (bicyclic) bond motifs is 1. The standard InChI is InChI=1S/C26H25N/c1-18(2)16-19-6-8-21(9-7-19)25-5-3-4-23-17-22(12-15-26(23)25)20-10-13-24(27)14-11-20/h3-15,17-18H,16,27H2,1-2H3. The summed E-state index contributed by atoms with van der Waals surface area (Å²) in [5, 5.41) is 2.54. The van der Waals surface area contributed by atoms with Crippen LogP contribution in [0.1, 0.15) is 19.4 Å². The van der Waals surface area contributed by atoms with E-state index in [-0.39, 0.29) is 0 Å². The number of hydrogen-bond acceptors (Lipinski definition) is 1. The number of nitrogens with two attached hydrogens (primary N) is 1. The maximum absolute atomic E-state index is 5.82. The quantitative estimate of drug-likeness (QED) is 0.395. The summed E-state index contributed by atoms with van der Waals surface area (Å²) in [4.78, 5) is 0. The Kier molecular flexibility index (Phi) is 4.68. The monoisotopic (exact) mass is 351 g/mol. The number of nitrogen functional groups attached to an aromatic ring is 1. The van der Waals surface area contributed by atoms with Crippen LogP contribution >= 0.6 is 0 Å². The molecule has 0 aliphatic heterocycles. The first-order valence-corrected chi connectivity index (χ1v) is 9.58. The van der Waals surface area contributed by atoms with Gasteiger partial charge in [-0.15, -0.1) is 0 Å². The topological polar surface area (TPSA) is 26.0 Å². The van der Waals surface area contributed by atoms with Gasteiger partial charge < -0.3 is 5.73 Å². The van der Waals surface area contributed by atoms with Crippen LogP contribution in [-0.4, -0.2) is 0 Å². The van der Waals surface area contributed by atoms with Gasteiger partial charge in [0.1, 0.15) is 0 Å². The van der Waals surface area contributed by atoms with Crippen molar-refractivity contribution in [1.29, 1.82) is 0 Å². The van der Waals surface area contributed by atoms with Gasteiger partial charge >= 0.3 is 0 Å². The molecule has 4 rings (SSSR count). The zero-order chi connectivity index (χ0) is 18.8. The Morgan fingerprint density at radius 1 is 0.704 bits per heavy atom. The van der Waals surface area contributed by atoms with Crippen molar-refractivity contribution in [3.05, 3.63) is 90.5 Å². The maximum Gasteiger partial charge on any atom is 0.0314 e. The van der Waals surface area contributed by atoms with E-state index in [1.165, 1.54) is 38.6 Å². The lowest BCUT2D eigenvalue weighted by atomic mass is 9.94. The van der Waals surface area contributed by atoms with Crippen molar-refractivity contribution in [2.45, 2.75) is 20.3 Å². The minimum Gasteiger partial charge on any atom is -0.399 e. The lowest BCUT2D eigenvalue weighted by Gasteiger charge is -2.11. The van der Waals surface area contributed by atoms with Crippen molar-refractivity contribution in [3.8, 4) is 22.3 Å². The average molecular weight is 351 g/mol. The normalized spacial score (nSPS) is 11.2. The molecule has 0 saturated heterocycles. The van der Waals surface area contributed by atoms with Gasteiger partial charge in [-0.25, -0.2) is 0 Å². The van der Waals surface area contributed by atoms with E-state index in [0.717, 1.165) is 12.1 Å². The van der Waals surface area contributed by atoms with E-state index in [9.17, 15) is 0 Å². The van der Waals surface area contributed by atoms with Crippen molar-refractivity contribution in [2.75, 3.05) is 5.73 Å². The van der Waals surface area contributed by atoms with E-state index in [2.05, 4.69) is 86.6 Å². The molecule has 4 aromatic carbocycles. The van der Waals surface area contributed by atoms with Crippen molar-refractivity contribution in [3.63, 3.8) is 0 Å². The summed E-state index contributed by atoms with van der Waals surface area (Å²) in [6.45, 7) is 4.52. The molecule has 0 heterocycles. The van der Waals surface area contributed by atoms with Gasteiger partial charge in [0.15, 0.2) is 0 Å². The molecule has 0 amide bonds. The Morgan fingerprint density at radius 3 is 2.07 bits per heavy atom. The van der Waals surface area contributed by atoms with Gasteiger partial charge in [-0.1, -0.05) is 80.6 Å². The molecule has 0 aromatic heterocycles. The summed E-state index contributed by atoms with van der Waals surface area (Å²) in [6, 6.07) is 30.3. The van der Waals surface area contributed by atoms with Crippen LogP contribution in [0.15, 0.2) is 84.9 Å². The number of anilines is 1. The summed E-state index contributed by atoms with van der Waals surface area (Å²) < 4.78 is 0. The van der Waals surface area contributed by atoms with Crippen molar-refractivity contribution in [1.82, 2.24) is 0 Å². The highest BCUT2D eigenvalue weighted by Gasteiger charge is 2.06. The molecule has 0 radical (unpaired) electrons. The Hall–Kier alpha value is -3.06. The second kappa shape index (κ2) is 7.28. The van der Waals surface area contributed by atoms with E-state index >= 15 is 0 Å². The zero-order valence-electron chi connectivity index (χ0n) is 15.9. The van der Waals surface area contributed by atoms with Crippen LogP contribution in [0.25, 0.3) is 33.0 Å². The highest BCUT2D eigenvalue weighted by atomic mass is 14.5. The van der Waals surface area contributed by atoms with E-state index in [1.54, 1.807) is 0 Å². The molecule has 1 nitrogen and oxygen atoms in total. The first-order chi connectivity index (χ1) is 13.1. The van der Waals surface area contributed by atoms with E-state index in [0.29, 0.717) is 5.92 Å². The van der Waals surface area contributed by atoms with Crippen LogP contribution in [0, 0.1) is 5.92 Å². The fraction of sp³-hybridized carbons (Fsp3) is 0.154. The Labute approximate surface area is 161 Å². The van der Waals surface area contributed by atoms with Crippen LogP contribution in [0.3, 0.4) is 0 Å². The summed E-state index contributed by atoms with van der Waals surface area (Å²) in [7, 11) is 0. The fourth-order valence-corrected chi connectivity index (χ4v) is 3.68. The molecule has 0 aliphatic rings. The lowest BCUT2D eigenvalue weighted by Crippen LogP contribution is -1.93. The third kappa shape index (κ3) is 3.73. The third-order valence-corrected chi connectivity index (χ3v) is 5.03. The van der Waals surface area contributed by atoms with Gasteiger partial charge in [-0.3, -0.25) is 0 Å². The predicted molar refractivity (Wildman–Crippen MR) is 118 cm³/mol. The molecule has 1 heteroatoms. The average Bonchev–Trinajstić information content (AvgIpc) is 2.68. The van der Waals surface area contributed by atoms with Gasteiger partial charge in [0.25, 0.3) is 0 Å². The molecular formula is C26H25N. The molecule has 0 atom stereocenters. The lowest BCUT2D eigenvalue weighted by molar-refractivity contribution is 0.647. The minimum atomic E-state index is 0.681. The van der Waals surface area contributed by atoms with Crippen molar-refractivity contribution < 1.29 is 0 Å². The van der Waals surface area contributed by atoms with E-state index in [4.69, 9.17) is 5.73 Å². The van der Waals surface area contributed by atoms with Gasteiger partial charge in [0, 0.05) is 5.69 Å². The third-order valence-electron chi connectivity index (χ3n) is 5.03. The highest BCUT2D eigenvalue weighted by molar-refractivity contribution is 5.98. The Morgan fingerprint density at radius 2 is 1.37 bits per heavy atom. The predicted octanol–water partition coefficient (Wildman–Crippen LogP) is 6.95. The second-order valence-corrected chi connectivity index (χ2v) is 7.66. The summed E-state index contributed by atoms with van der Waals surface area (Å²) in [6.07, 6.45) is 1.13. The van der Waals surface area contributed by atoms with Gasteiger partial charge in [0.05, 0.1) is 0 Å². The summed E-state index contributed by atoms with van der Waals surface area (Å²) in [5.41, 5.74) is 13.0. The molecule has 0 saturated carbocycles. The number of rotatable bonds is 4. The fourth-order valence-electron chi connectivity index (χ4n) is 3.68. The molecule has 27 heavy (non-hydrogen) atoms. The van der Waals surface area contributed by atoms with Crippen LogP contribution in [0.2, 0.25) is 0 Å². The van der Waals surface area contributed by atoms with Crippen LogP contribution < -0.4 is 5.73 Å². The van der Waals surface area contributed by atoms with Crippen molar-refractivity contribution >= 4 is 16.5 Å². The molecule has 0 unspecified atom stereocenters. The Bertz CT molecular complexity index is 1060. The smallest absolute Gasteiger partial charge is 0.0314 e. The molecule has 134 valence electrons. The number of hydrogen-bond donors (Lipinski definition) is 1. The largest absolute Gasteiger partial charge is 0.399 e. The molecule has 4 aromatic rings. The molecule has 0 bridgehead atoms. The molecular weight excluding hydrogens is 326 g/mol. The van der Waals surface area contributed by atoms with Gasteiger partial charge in [-0.05, 0) is 69.1 Å². The van der Waals surface area contributed by atoms with E-state index < -0.39 is 0 Å². The molecule has 0 aliphatic carbocycles. The second-order valence-electron chi connectivity index (χ2n) is 7.66. The molecule has 0 spiro atoms. The van der Waals surface area contributed by atoms with Gasteiger partial charge in [-0.2, -0.15) is 0 Å². The van der Waals surface area contributed by atoms with Crippen LogP contribution in [0.5, 0.6) is 0 Å². The summed E-state index contributed by atoms with van der Waals surface area (Å²) >= 11 is 0.